The van der Waals surface area contributed by atoms with Crippen molar-refractivity contribution in [2.75, 3.05) is 33.2 Å². The van der Waals surface area contributed by atoms with E-state index in [9.17, 15) is 14.4 Å². The summed E-state index contributed by atoms with van der Waals surface area (Å²) in [5.41, 5.74) is 2.31. The Hall–Kier alpha value is -4.01. The van der Waals surface area contributed by atoms with Crippen LogP contribution in [0, 0.1) is 0 Å². The molecule has 0 aliphatic carbocycles. The van der Waals surface area contributed by atoms with Crippen molar-refractivity contribution in [2.24, 2.45) is 0 Å². The van der Waals surface area contributed by atoms with Crippen LogP contribution in [-0.4, -0.2) is 50.7 Å². The predicted molar refractivity (Wildman–Crippen MR) is 122 cm³/mol. The van der Waals surface area contributed by atoms with Gasteiger partial charge in [-0.25, -0.2) is 9.59 Å². The fourth-order valence-corrected chi connectivity index (χ4v) is 3.50. The monoisotopic (exact) mass is 453 g/mol. The molecule has 2 aromatic carbocycles. The van der Waals surface area contributed by atoms with Gasteiger partial charge in [0.1, 0.15) is 11.5 Å². The molecule has 33 heavy (non-hydrogen) atoms. The van der Waals surface area contributed by atoms with Crippen molar-refractivity contribution in [3.8, 4) is 11.5 Å². The Bertz CT molecular complexity index is 1090. The van der Waals surface area contributed by atoms with Gasteiger partial charge < -0.3 is 29.7 Å². The maximum atomic E-state index is 12.9. The smallest absolute Gasteiger partial charge is 0.338 e. The third-order valence-electron chi connectivity index (χ3n) is 5.34. The number of hydrogen-bond acceptors (Lipinski definition) is 6. The standard InChI is InChI=1S/C24H27N3O6/c1-6-33-23(29)20-14(2)27(3)24(30)26-21(20)15-8-7-9-17(10-15)25-22(28)16-11-18(31-4)13-19(12-16)32-5/h7-13,21H,6H2,1-5H3,(H,25,28)(H,26,30). The van der Waals surface area contributed by atoms with E-state index in [0.29, 0.717) is 39.6 Å². The maximum absolute atomic E-state index is 12.9. The van der Waals surface area contributed by atoms with E-state index in [1.165, 1.54) is 19.1 Å². The number of carbonyl (C=O) groups is 3. The molecular formula is C24H27N3O6. The molecule has 3 rings (SSSR count). The number of carbonyl (C=O) groups excluding carboxylic acids is 3. The fourth-order valence-electron chi connectivity index (χ4n) is 3.50. The summed E-state index contributed by atoms with van der Waals surface area (Å²) in [7, 11) is 4.60. The number of nitrogens with zero attached hydrogens (tertiary/aromatic N) is 1. The summed E-state index contributed by atoms with van der Waals surface area (Å²) in [4.78, 5) is 39.3. The Labute approximate surface area is 192 Å². The van der Waals surface area contributed by atoms with E-state index in [1.54, 1.807) is 63.4 Å². The van der Waals surface area contributed by atoms with Crippen molar-refractivity contribution >= 4 is 23.6 Å². The van der Waals surface area contributed by atoms with Crippen LogP contribution >= 0.6 is 0 Å². The molecule has 1 aliphatic rings. The van der Waals surface area contributed by atoms with Crippen molar-refractivity contribution in [3.05, 3.63) is 64.9 Å². The Morgan fingerprint density at radius 2 is 1.76 bits per heavy atom. The minimum absolute atomic E-state index is 0.208. The molecule has 0 saturated heterocycles. The summed E-state index contributed by atoms with van der Waals surface area (Å²) in [5.74, 6) is 0.0998. The zero-order valence-corrected chi connectivity index (χ0v) is 19.2. The summed E-state index contributed by atoms with van der Waals surface area (Å²) in [5, 5.41) is 5.66. The van der Waals surface area contributed by atoms with Crippen LogP contribution in [0.25, 0.3) is 0 Å². The number of methoxy groups -OCH3 is 2. The molecular weight excluding hydrogens is 426 g/mol. The van der Waals surface area contributed by atoms with Crippen LogP contribution in [-0.2, 0) is 9.53 Å². The Morgan fingerprint density at radius 3 is 2.36 bits per heavy atom. The molecule has 0 spiro atoms. The van der Waals surface area contributed by atoms with E-state index < -0.39 is 12.0 Å². The van der Waals surface area contributed by atoms with Gasteiger partial charge in [0.25, 0.3) is 5.91 Å². The summed E-state index contributed by atoms with van der Waals surface area (Å²) in [6.45, 7) is 3.62. The normalized spacial score (nSPS) is 15.6. The van der Waals surface area contributed by atoms with Gasteiger partial charge in [-0.15, -0.1) is 0 Å². The molecule has 1 aliphatic heterocycles. The van der Waals surface area contributed by atoms with Gasteiger partial charge in [0.05, 0.1) is 32.4 Å². The van der Waals surface area contributed by atoms with Gasteiger partial charge in [0.2, 0.25) is 0 Å². The molecule has 1 heterocycles. The van der Waals surface area contributed by atoms with E-state index >= 15 is 0 Å². The molecule has 0 bridgehead atoms. The van der Waals surface area contributed by atoms with Crippen molar-refractivity contribution in [1.29, 1.82) is 0 Å². The first-order valence-electron chi connectivity index (χ1n) is 10.4. The summed E-state index contributed by atoms with van der Waals surface area (Å²) < 4.78 is 15.7. The minimum atomic E-state index is -0.721. The van der Waals surface area contributed by atoms with Crippen LogP contribution in [0.5, 0.6) is 11.5 Å². The summed E-state index contributed by atoms with van der Waals surface area (Å²) in [6.07, 6.45) is 0. The van der Waals surface area contributed by atoms with Crippen LogP contribution in [0.3, 0.4) is 0 Å². The molecule has 1 unspecified atom stereocenters. The number of nitrogens with one attached hydrogen (secondary N) is 2. The number of rotatable bonds is 7. The van der Waals surface area contributed by atoms with Crippen LogP contribution in [0.4, 0.5) is 10.5 Å². The van der Waals surface area contributed by atoms with Crippen molar-refractivity contribution in [1.82, 2.24) is 10.2 Å². The average Bonchev–Trinajstić information content (AvgIpc) is 2.82. The van der Waals surface area contributed by atoms with E-state index in [2.05, 4.69) is 10.6 Å². The number of benzene rings is 2. The van der Waals surface area contributed by atoms with Gasteiger partial charge in [0.15, 0.2) is 0 Å². The zero-order valence-electron chi connectivity index (χ0n) is 19.2. The largest absolute Gasteiger partial charge is 0.497 e. The van der Waals surface area contributed by atoms with Crippen LogP contribution in [0.15, 0.2) is 53.7 Å². The SMILES string of the molecule is CCOC(=O)C1=C(C)N(C)C(=O)NC1c1cccc(NC(=O)c2cc(OC)cc(OC)c2)c1. The highest BCUT2D eigenvalue weighted by Crippen LogP contribution is 2.32. The van der Waals surface area contributed by atoms with Gasteiger partial charge in [0, 0.05) is 30.1 Å². The van der Waals surface area contributed by atoms with Gasteiger partial charge in [-0.3, -0.25) is 4.79 Å². The first kappa shape index (κ1) is 23.6. The van der Waals surface area contributed by atoms with Crippen molar-refractivity contribution in [3.63, 3.8) is 0 Å². The molecule has 174 valence electrons. The number of allylic oxidation sites excluding steroid dienone is 1. The first-order valence-corrected chi connectivity index (χ1v) is 10.4. The molecule has 0 aromatic heterocycles. The number of hydrogen-bond donors (Lipinski definition) is 2. The van der Waals surface area contributed by atoms with Gasteiger partial charge >= 0.3 is 12.0 Å². The van der Waals surface area contributed by atoms with Gasteiger partial charge in [-0.2, -0.15) is 0 Å². The fraction of sp³-hybridized carbons (Fsp3) is 0.292. The number of ether oxygens (including phenoxy) is 3. The molecule has 9 nitrogen and oxygen atoms in total. The highest BCUT2D eigenvalue weighted by atomic mass is 16.5. The van der Waals surface area contributed by atoms with E-state index in [1.807, 2.05) is 0 Å². The van der Waals surface area contributed by atoms with E-state index in [4.69, 9.17) is 14.2 Å². The third kappa shape index (κ3) is 5.08. The summed E-state index contributed by atoms with van der Waals surface area (Å²) >= 11 is 0. The number of amides is 3. The summed E-state index contributed by atoms with van der Waals surface area (Å²) in [6, 6.07) is 10.7. The maximum Gasteiger partial charge on any atom is 0.338 e. The highest BCUT2D eigenvalue weighted by Gasteiger charge is 2.35. The number of esters is 1. The van der Waals surface area contributed by atoms with Crippen molar-refractivity contribution in [2.45, 2.75) is 19.9 Å². The second-order valence-electron chi connectivity index (χ2n) is 7.34. The number of anilines is 1. The molecule has 1 atom stereocenters. The highest BCUT2D eigenvalue weighted by molar-refractivity contribution is 6.05. The molecule has 0 saturated carbocycles. The molecule has 2 aromatic rings. The topological polar surface area (TPSA) is 106 Å². The lowest BCUT2D eigenvalue weighted by Gasteiger charge is -2.33. The van der Waals surface area contributed by atoms with Crippen molar-refractivity contribution < 1.29 is 28.6 Å². The van der Waals surface area contributed by atoms with Crippen LogP contribution < -0.4 is 20.1 Å². The second-order valence-corrected chi connectivity index (χ2v) is 7.34. The lowest BCUT2D eigenvalue weighted by Crippen LogP contribution is -2.46. The molecule has 2 N–H and O–H groups in total. The zero-order chi connectivity index (χ0) is 24.1. The molecule has 0 radical (unpaired) electrons. The lowest BCUT2D eigenvalue weighted by molar-refractivity contribution is -0.139. The Morgan fingerprint density at radius 1 is 1.09 bits per heavy atom. The molecule has 3 amide bonds. The Kier molecular flexibility index (Phi) is 7.22. The predicted octanol–water partition coefficient (Wildman–Crippen LogP) is 3.49. The average molecular weight is 453 g/mol. The van der Waals surface area contributed by atoms with Gasteiger partial charge in [-0.1, -0.05) is 12.1 Å². The van der Waals surface area contributed by atoms with E-state index in [0.717, 1.165) is 0 Å². The minimum Gasteiger partial charge on any atom is -0.497 e. The van der Waals surface area contributed by atoms with E-state index in [-0.39, 0.29) is 18.5 Å². The Balaban J connectivity index is 1.92. The third-order valence-corrected chi connectivity index (χ3v) is 5.34. The van der Waals surface area contributed by atoms with Crippen LogP contribution in [0.2, 0.25) is 0 Å². The quantitative estimate of drug-likeness (QED) is 0.622. The van der Waals surface area contributed by atoms with Crippen LogP contribution in [0.1, 0.15) is 35.8 Å². The lowest BCUT2D eigenvalue weighted by atomic mass is 9.94. The second kappa shape index (κ2) is 10.1. The molecule has 0 fully saturated rings. The van der Waals surface area contributed by atoms with Gasteiger partial charge in [-0.05, 0) is 43.7 Å². The number of urea groups is 1. The first-order chi connectivity index (χ1) is 15.8. The molecule has 9 heteroatoms.